The molecule has 26 heavy (non-hydrogen) atoms. The molecule has 1 heterocycles. The van der Waals surface area contributed by atoms with Crippen molar-refractivity contribution in [2.24, 2.45) is 0 Å². The van der Waals surface area contributed by atoms with E-state index >= 15 is 0 Å². The lowest BCUT2D eigenvalue weighted by atomic mass is 9.92. The Morgan fingerprint density at radius 1 is 1.19 bits per heavy atom. The fourth-order valence-electron chi connectivity index (χ4n) is 3.66. The van der Waals surface area contributed by atoms with Crippen LogP contribution in [0.1, 0.15) is 37.7 Å². The molecule has 2 fully saturated rings. The molecule has 1 aliphatic carbocycles. The van der Waals surface area contributed by atoms with Gasteiger partial charge in [-0.15, -0.1) is 0 Å². The standard InChI is InChI=1S/C19H26F2N2O3/c20-18(21)26-15-10-11-23(12-15)19(24)22-16-8-4-5-9-17(16)25-13-14-6-2-1-3-7-14/h1-3,6-7,15-18H,4-5,8-13H2,(H,22,24)/t15-,16+,17+/m0/s1. The van der Waals surface area contributed by atoms with E-state index in [2.05, 4.69) is 10.1 Å². The quantitative estimate of drug-likeness (QED) is 0.836. The second-order valence-corrected chi connectivity index (χ2v) is 6.93. The number of nitrogens with zero attached hydrogens (tertiary/aromatic N) is 1. The van der Waals surface area contributed by atoms with Gasteiger partial charge < -0.3 is 19.7 Å². The molecule has 0 bridgehead atoms. The predicted octanol–water partition coefficient (Wildman–Crippen LogP) is 3.54. The molecule has 2 amide bonds. The molecule has 1 aromatic rings. The average Bonchev–Trinajstić information content (AvgIpc) is 3.10. The minimum atomic E-state index is -2.79. The lowest BCUT2D eigenvalue weighted by Gasteiger charge is -2.33. The van der Waals surface area contributed by atoms with Crippen LogP contribution in [0.25, 0.3) is 0 Å². The monoisotopic (exact) mass is 368 g/mol. The molecule has 144 valence electrons. The van der Waals surface area contributed by atoms with Gasteiger partial charge in [0, 0.05) is 13.1 Å². The number of carbonyl (C=O) groups excluding carboxylic acids is 1. The van der Waals surface area contributed by atoms with E-state index < -0.39 is 12.7 Å². The van der Waals surface area contributed by atoms with Crippen LogP contribution < -0.4 is 5.32 Å². The number of hydrogen-bond donors (Lipinski definition) is 1. The van der Waals surface area contributed by atoms with Crippen molar-refractivity contribution in [1.29, 1.82) is 0 Å². The Kier molecular flexibility index (Phi) is 6.80. The van der Waals surface area contributed by atoms with Crippen LogP contribution in [-0.4, -0.2) is 48.9 Å². The Morgan fingerprint density at radius 2 is 1.96 bits per heavy atom. The molecule has 5 nitrogen and oxygen atoms in total. The van der Waals surface area contributed by atoms with Crippen LogP contribution in [-0.2, 0) is 16.1 Å². The van der Waals surface area contributed by atoms with Gasteiger partial charge in [-0.2, -0.15) is 8.78 Å². The highest BCUT2D eigenvalue weighted by Gasteiger charge is 2.32. The average molecular weight is 368 g/mol. The Bertz CT molecular complexity index is 573. The van der Waals surface area contributed by atoms with E-state index in [1.807, 2.05) is 30.3 Å². The number of alkyl halides is 2. The van der Waals surface area contributed by atoms with Gasteiger partial charge in [0.05, 0.1) is 24.9 Å². The minimum absolute atomic E-state index is 0.0244. The fourth-order valence-corrected chi connectivity index (χ4v) is 3.66. The van der Waals surface area contributed by atoms with Gasteiger partial charge in [-0.3, -0.25) is 0 Å². The maximum Gasteiger partial charge on any atom is 0.345 e. The van der Waals surface area contributed by atoms with E-state index in [0.29, 0.717) is 19.6 Å². The SMILES string of the molecule is O=C(N[C@@H]1CCCC[C@H]1OCc1ccccc1)N1CC[C@H](OC(F)F)C1. The minimum Gasteiger partial charge on any atom is -0.371 e. The molecular formula is C19H26F2N2O3. The number of halogens is 2. The summed E-state index contributed by atoms with van der Waals surface area (Å²) in [6.45, 7) is -1.63. The van der Waals surface area contributed by atoms with Crippen LogP contribution in [0.2, 0.25) is 0 Å². The maximum atomic E-state index is 12.5. The lowest BCUT2D eigenvalue weighted by Crippen LogP contribution is -2.50. The highest BCUT2D eigenvalue weighted by molar-refractivity contribution is 5.75. The number of benzene rings is 1. The molecule has 7 heteroatoms. The van der Waals surface area contributed by atoms with Gasteiger partial charge in [0.25, 0.3) is 0 Å². The van der Waals surface area contributed by atoms with Gasteiger partial charge in [0.1, 0.15) is 0 Å². The first kappa shape index (κ1) is 19.0. The molecule has 3 rings (SSSR count). The van der Waals surface area contributed by atoms with E-state index in [4.69, 9.17) is 4.74 Å². The largest absolute Gasteiger partial charge is 0.371 e. The molecule has 1 aliphatic heterocycles. The Balaban J connectivity index is 1.49. The molecule has 0 radical (unpaired) electrons. The number of rotatable bonds is 6. The van der Waals surface area contributed by atoms with Gasteiger partial charge in [-0.25, -0.2) is 4.79 Å². The van der Waals surface area contributed by atoms with Crippen molar-refractivity contribution >= 4 is 6.03 Å². The summed E-state index contributed by atoms with van der Waals surface area (Å²) in [5.41, 5.74) is 1.11. The third-order valence-corrected chi connectivity index (χ3v) is 5.05. The van der Waals surface area contributed by atoms with Crippen LogP contribution in [0.4, 0.5) is 13.6 Å². The van der Waals surface area contributed by atoms with Crippen LogP contribution in [0.5, 0.6) is 0 Å². The number of carbonyl (C=O) groups is 1. The summed E-state index contributed by atoms with van der Waals surface area (Å²) in [7, 11) is 0. The molecule has 1 N–H and O–H groups in total. The zero-order valence-electron chi connectivity index (χ0n) is 14.8. The molecule has 1 aromatic carbocycles. The first-order valence-corrected chi connectivity index (χ1v) is 9.26. The number of likely N-dealkylation sites (tertiary alicyclic amines) is 1. The molecule has 0 aromatic heterocycles. The third kappa shape index (κ3) is 5.38. The second-order valence-electron chi connectivity index (χ2n) is 6.93. The summed E-state index contributed by atoms with van der Waals surface area (Å²) >= 11 is 0. The van der Waals surface area contributed by atoms with E-state index in [1.54, 1.807) is 4.90 Å². The van der Waals surface area contributed by atoms with Crippen molar-refractivity contribution < 1.29 is 23.0 Å². The van der Waals surface area contributed by atoms with Gasteiger partial charge in [-0.1, -0.05) is 43.2 Å². The number of nitrogens with one attached hydrogen (secondary N) is 1. The molecule has 1 saturated heterocycles. The topological polar surface area (TPSA) is 50.8 Å². The Morgan fingerprint density at radius 3 is 2.73 bits per heavy atom. The highest BCUT2D eigenvalue weighted by Crippen LogP contribution is 2.23. The van der Waals surface area contributed by atoms with Crippen molar-refractivity contribution in [2.45, 2.75) is 63.6 Å². The van der Waals surface area contributed by atoms with Crippen molar-refractivity contribution in [1.82, 2.24) is 10.2 Å². The van der Waals surface area contributed by atoms with Crippen LogP contribution in [0.15, 0.2) is 30.3 Å². The number of hydrogen-bond acceptors (Lipinski definition) is 3. The first-order valence-electron chi connectivity index (χ1n) is 9.26. The Labute approximate surface area is 152 Å². The van der Waals surface area contributed by atoms with E-state index in [-0.39, 0.29) is 24.7 Å². The van der Waals surface area contributed by atoms with E-state index in [9.17, 15) is 13.6 Å². The summed E-state index contributed by atoms with van der Waals surface area (Å²) in [5.74, 6) is 0. The lowest BCUT2D eigenvalue weighted by molar-refractivity contribution is -0.158. The van der Waals surface area contributed by atoms with Crippen molar-refractivity contribution in [3.05, 3.63) is 35.9 Å². The maximum absolute atomic E-state index is 12.5. The van der Waals surface area contributed by atoms with Crippen molar-refractivity contribution in [3.63, 3.8) is 0 Å². The van der Waals surface area contributed by atoms with Crippen molar-refractivity contribution in [3.8, 4) is 0 Å². The number of amides is 2. The zero-order valence-corrected chi connectivity index (χ0v) is 14.8. The molecule has 1 saturated carbocycles. The van der Waals surface area contributed by atoms with Gasteiger partial charge in [0.2, 0.25) is 0 Å². The summed E-state index contributed by atoms with van der Waals surface area (Å²) in [4.78, 5) is 14.0. The molecule has 0 spiro atoms. The summed E-state index contributed by atoms with van der Waals surface area (Å²) < 4.78 is 35.2. The normalized spacial score (nSPS) is 26.3. The van der Waals surface area contributed by atoms with Crippen LogP contribution >= 0.6 is 0 Å². The van der Waals surface area contributed by atoms with Gasteiger partial charge >= 0.3 is 12.6 Å². The fraction of sp³-hybridized carbons (Fsp3) is 0.632. The molecule has 2 aliphatic rings. The molecule has 3 atom stereocenters. The van der Waals surface area contributed by atoms with Crippen LogP contribution in [0, 0.1) is 0 Å². The highest BCUT2D eigenvalue weighted by atomic mass is 19.3. The van der Waals surface area contributed by atoms with E-state index in [0.717, 1.165) is 31.2 Å². The predicted molar refractivity (Wildman–Crippen MR) is 92.9 cm³/mol. The first-order chi connectivity index (χ1) is 12.6. The summed E-state index contributed by atoms with van der Waals surface area (Å²) in [6, 6.07) is 9.69. The van der Waals surface area contributed by atoms with Crippen LogP contribution in [0.3, 0.4) is 0 Å². The smallest absolute Gasteiger partial charge is 0.345 e. The number of urea groups is 1. The zero-order chi connectivity index (χ0) is 18.4. The third-order valence-electron chi connectivity index (χ3n) is 5.05. The molecular weight excluding hydrogens is 342 g/mol. The molecule has 0 unspecified atom stereocenters. The second kappa shape index (κ2) is 9.28. The summed E-state index contributed by atoms with van der Waals surface area (Å²) in [6.07, 6.45) is 3.75. The number of ether oxygens (including phenoxy) is 2. The van der Waals surface area contributed by atoms with Gasteiger partial charge in [-0.05, 0) is 24.8 Å². The Hall–Kier alpha value is -1.73. The van der Waals surface area contributed by atoms with Gasteiger partial charge in [0.15, 0.2) is 0 Å². The van der Waals surface area contributed by atoms with E-state index in [1.165, 1.54) is 0 Å². The summed E-state index contributed by atoms with van der Waals surface area (Å²) in [5, 5.41) is 3.04. The van der Waals surface area contributed by atoms with Crippen molar-refractivity contribution in [2.75, 3.05) is 13.1 Å².